The van der Waals surface area contributed by atoms with Crippen molar-refractivity contribution in [2.24, 2.45) is 0 Å². The number of fused-ring (bicyclic) bond motifs is 3. The van der Waals surface area contributed by atoms with Gasteiger partial charge in [-0.25, -0.2) is 0 Å². The Kier molecular flexibility index (Phi) is 8.60. The third-order valence-electron chi connectivity index (χ3n) is 7.60. The van der Waals surface area contributed by atoms with Crippen LogP contribution in [0.25, 0.3) is 11.1 Å². The van der Waals surface area contributed by atoms with Gasteiger partial charge < -0.3 is 4.90 Å². The summed E-state index contributed by atoms with van der Waals surface area (Å²) < 4.78 is 0. The average molecular weight is 514 g/mol. The molecule has 0 radical (unpaired) electrons. The maximum absolute atomic E-state index is 3.94. The summed E-state index contributed by atoms with van der Waals surface area (Å²) in [5.41, 5.74) is 10.3. The maximum atomic E-state index is 3.94. The first kappa shape index (κ1) is 28.2. The van der Waals surface area contributed by atoms with Crippen molar-refractivity contribution in [2.45, 2.75) is 65.2 Å². The molecule has 0 heterocycles. The SMILES string of the molecule is C=C/C=C\C(=C/CC/C=C\C=C/C)N(c1ccc(C(C)(C)C)cc1)c1ccc2c(c1)C(C)(C)c1ccccc1-2. The van der Waals surface area contributed by atoms with Crippen LogP contribution < -0.4 is 4.90 Å². The summed E-state index contributed by atoms with van der Waals surface area (Å²) in [5, 5.41) is 0. The number of hydrogen-bond acceptors (Lipinski definition) is 1. The van der Waals surface area contributed by atoms with E-state index in [0.29, 0.717) is 0 Å². The van der Waals surface area contributed by atoms with Gasteiger partial charge in [-0.2, -0.15) is 0 Å². The maximum Gasteiger partial charge on any atom is 0.0464 e. The Labute approximate surface area is 236 Å². The van der Waals surface area contributed by atoms with Gasteiger partial charge in [-0.15, -0.1) is 0 Å². The molecule has 0 aromatic heterocycles. The molecule has 200 valence electrons. The molecule has 1 aliphatic rings. The first-order chi connectivity index (χ1) is 18.7. The van der Waals surface area contributed by atoms with Crippen molar-refractivity contribution in [1.29, 1.82) is 0 Å². The summed E-state index contributed by atoms with van der Waals surface area (Å²) in [6, 6.07) is 24.9. The zero-order valence-electron chi connectivity index (χ0n) is 24.5. The Morgan fingerprint density at radius 3 is 2.21 bits per heavy atom. The Balaban J connectivity index is 1.83. The number of allylic oxidation sites excluding steroid dienone is 8. The molecule has 0 bridgehead atoms. The van der Waals surface area contributed by atoms with Gasteiger partial charge in [-0.3, -0.25) is 0 Å². The van der Waals surface area contributed by atoms with Crippen molar-refractivity contribution in [3.63, 3.8) is 0 Å². The molecule has 1 heteroatoms. The zero-order chi connectivity index (χ0) is 28.0. The summed E-state index contributed by atoms with van der Waals surface area (Å²) >= 11 is 0. The van der Waals surface area contributed by atoms with Crippen molar-refractivity contribution < 1.29 is 0 Å². The minimum Gasteiger partial charge on any atom is -0.311 e. The van der Waals surface area contributed by atoms with E-state index in [2.05, 4.69) is 149 Å². The normalized spacial score (nSPS) is 14.8. The van der Waals surface area contributed by atoms with Crippen molar-refractivity contribution in [3.8, 4) is 11.1 Å². The van der Waals surface area contributed by atoms with E-state index in [9.17, 15) is 0 Å². The molecule has 0 spiro atoms. The predicted octanol–water partition coefficient (Wildman–Crippen LogP) is 11.0. The molecular formula is C38H43N. The topological polar surface area (TPSA) is 3.24 Å². The van der Waals surface area contributed by atoms with Crippen molar-refractivity contribution in [3.05, 3.63) is 144 Å². The number of anilines is 2. The highest BCUT2D eigenvalue weighted by Gasteiger charge is 2.35. The van der Waals surface area contributed by atoms with Crippen molar-refractivity contribution in [2.75, 3.05) is 4.90 Å². The van der Waals surface area contributed by atoms with Crippen molar-refractivity contribution in [1.82, 2.24) is 0 Å². The molecule has 0 unspecified atom stereocenters. The lowest BCUT2D eigenvalue weighted by molar-refractivity contribution is 0.590. The van der Waals surface area contributed by atoms with Crippen LogP contribution in [-0.4, -0.2) is 0 Å². The highest BCUT2D eigenvalue weighted by atomic mass is 15.1. The van der Waals surface area contributed by atoms with Gasteiger partial charge in [-0.05, 0) is 83.3 Å². The summed E-state index contributed by atoms with van der Waals surface area (Å²) in [5.74, 6) is 0. The van der Waals surface area contributed by atoms with Gasteiger partial charge in [-0.1, -0.05) is 126 Å². The largest absolute Gasteiger partial charge is 0.311 e. The molecule has 0 fully saturated rings. The molecule has 0 aliphatic heterocycles. The zero-order valence-corrected chi connectivity index (χ0v) is 24.5. The molecule has 0 atom stereocenters. The fourth-order valence-electron chi connectivity index (χ4n) is 5.40. The van der Waals surface area contributed by atoms with E-state index in [1.54, 1.807) is 0 Å². The van der Waals surface area contributed by atoms with E-state index in [1.165, 1.54) is 33.5 Å². The van der Waals surface area contributed by atoms with Crippen LogP contribution in [0, 0.1) is 0 Å². The second kappa shape index (κ2) is 11.9. The van der Waals surface area contributed by atoms with E-state index < -0.39 is 0 Å². The van der Waals surface area contributed by atoms with Gasteiger partial charge in [0.1, 0.15) is 0 Å². The van der Waals surface area contributed by atoms with Crippen LogP contribution >= 0.6 is 0 Å². The standard InChI is InChI=1S/C38H43N/c1-8-10-12-13-14-15-19-30(18-11-9-2)39(31-24-22-29(23-25-31)37(3,4)5)32-26-27-34-33-20-16-17-21-35(33)38(6,7)36(34)28-32/h8-13,16-28H,2,14-15H2,1,3-7H3/b10-8-,13-12-,18-11-,30-19+. The quantitative estimate of drug-likeness (QED) is 0.203. The molecule has 1 nitrogen and oxygen atoms in total. The summed E-state index contributed by atoms with van der Waals surface area (Å²) in [4.78, 5) is 2.39. The van der Waals surface area contributed by atoms with Gasteiger partial charge >= 0.3 is 0 Å². The van der Waals surface area contributed by atoms with Crippen LogP contribution in [0.2, 0.25) is 0 Å². The molecule has 0 saturated heterocycles. The van der Waals surface area contributed by atoms with Crippen LogP contribution in [-0.2, 0) is 10.8 Å². The molecule has 4 rings (SSSR count). The Morgan fingerprint density at radius 1 is 0.821 bits per heavy atom. The number of nitrogens with zero attached hydrogens (tertiary/aromatic N) is 1. The third-order valence-corrected chi connectivity index (χ3v) is 7.60. The molecule has 3 aromatic carbocycles. The van der Waals surface area contributed by atoms with Crippen LogP contribution in [0.1, 0.15) is 71.1 Å². The summed E-state index contributed by atoms with van der Waals surface area (Å²) in [7, 11) is 0. The molecule has 39 heavy (non-hydrogen) atoms. The lowest BCUT2D eigenvalue weighted by Crippen LogP contribution is -2.19. The lowest BCUT2D eigenvalue weighted by atomic mass is 9.82. The Morgan fingerprint density at radius 2 is 1.51 bits per heavy atom. The van der Waals surface area contributed by atoms with Crippen molar-refractivity contribution >= 4 is 11.4 Å². The third kappa shape index (κ3) is 6.09. The predicted molar refractivity (Wildman–Crippen MR) is 172 cm³/mol. The Hall–Kier alpha value is -3.84. The van der Waals surface area contributed by atoms with E-state index in [0.717, 1.165) is 24.2 Å². The van der Waals surface area contributed by atoms with Gasteiger partial charge in [0.15, 0.2) is 0 Å². The molecular weight excluding hydrogens is 470 g/mol. The fourth-order valence-corrected chi connectivity index (χ4v) is 5.40. The van der Waals surface area contributed by atoms with E-state index in [1.807, 2.05) is 19.1 Å². The van der Waals surface area contributed by atoms with Crippen LogP contribution in [0.5, 0.6) is 0 Å². The first-order valence-corrected chi connectivity index (χ1v) is 14.1. The second-order valence-corrected chi connectivity index (χ2v) is 11.8. The van der Waals surface area contributed by atoms with Gasteiger partial charge in [0.25, 0.3) is 0 Å². The highest BCUT2D eigenvalue weighted by molar-refractivity contribution is 5.84. The van der Waals surface area contributed by atoms with E-state index >= 15 is 0 Å². The number of benzene rings is 3. The van der Waals surface area contributed by atoms with Crippen LogP contribution in [0.4, 0.5) is 11.4 Å². The molecule has 0 amide bonds. The first-order valence-electron chi connectivity index (χ1n) is 14.1. The minimum atomic E-state index is -0.0535. The van der Waals surface area contributed by atoms with Gasteiger partial charge in [0.2, 0.25) is 0 Å². The van der Waals surface area contributed by atoms with Crippen LogP contribution in [0.3, 0.4) is 0 Å². The van der Waals surface area contributed by atoms with Gasteiger partial charge in [0, 0.05) is 22.5 Å². The molecule has 0 N–H and O–H groups in total. The average Bonchev–Trinajstić information content (AvgIpc) is 3.15. The number of unbranched alkanes of at least 4 members (excludes halogenated alkanes) is 1. The molecule has 3 aromatic rings. The fraction of sp³-hybridized carbons (Fsp3) is 0.263. The van der Waals surface area contributed by atoms with E-state index in [-0.39, 0.29) is 10.8 Å². The minimum absolute atomic E-state index is 0.0535. The molecule has 0 saturated carbocycles. The van der Waals surface area contributed by atoms with E-state index in [4.69, 9.17) is 0 Å². The van der Waals surface area contributed by atoms with Crippen LogP contribution in [0.15, 0.2) is 128 Å². The monoisotopic (exact) mass is 513 g/mol. The number of hydrogen-bond donors (Lipinski definition) is 0. The summed E-state index contributed by atoms with van der Waals surface area (Å²) in [6.07, 6.45) is 18.8. The van der Waals surface area contributed by atoms with Gasteiger partial charge in [0.05, 0.1) is 0 Å². The smallest absolute Gasteiger partial charge is 0.0464 e. The number of rotatable bonds is 9. The Bertz CT molecular complexity index is 1420. The second-order valence-electron chi connectivity index (χ2n) is 11.8. The highest BCUT2D eigenvalue weighted by Crippen LogP contribution is 2.50. The summed E-state index contributed by atoms with van der Waals surface area (Å²) in [6.45, 7) is 17.5. The molecule has 1 aliphatic carbocycles. The lowest BCUT2D eigenvalue weighted by Gasteiger charge is -2.29.